The zero-order chi connectivity index (χ0) is 18.4. The van der Waals surface area contributed by atoms with Gasteiger partial charge in [-0.1, -0.05) is 6.07 Å². The maximum Gasteiger partial charge on any atom is 0.373 e. The van der Waals surface area contributed by atoms with E-state index in [9.17, 15) is 14.9 Å². The van der Waals surface area contributed by atoms with Crippen LogP contribution in [0.1, 0.15) is 31.1 Å². The number of benzene rings is 1. The van der Waals surface area contributed by atoms with Gasteiger partial charge in [-0.2, -0.15) is 4.98 Å². The van der Waals surface area contributed by atoms with Crippen LogP contribution in [0.25, 0.3) is 0 Å². The molecule has 0 saturated heterocycles. The maximum absolute atomic E-state index is 11.8. The number of carbonyl (C=O) groups excluding carboxylic acids is 1. The molecule has 0 aliphatic carbocycles. The third-order valence-corrected chi connectivity index (χ3v) is 2.96. The minimum absolute atomic E-state index is 0.0309. The number of hydrogen-bond acceptors (Lipinski definition) is 8. The van der Waals surface area contributed by atoms with Crippen molar-refractivity contribution in [2.75, 3.05) is 11.9 Å². The molecular weight excluding hydrogens is 328 g/mol. The Kier molecular flexibility index (Phi) is 5.83. The molecule has 132 valence electrons. The summed E-state index contributed by atoms with van der Waals surface area (Å²) in [5.41, 5.74) is 0.391. The fourth-order valence-electron chi connectivity index (χ4n) is 2.00. The van der Waals surface area contributed by atoms with E-state index in [4.69, 9.17) is 9.47 Å². The molecule has 1 aromatic carbocycles. The Morgan fingerprint density at radius 3 is 2.76 bits per heavy atom. The smallest absolute Gasteiger partial charge is 0.373 e. The second-order valence-electron chi connectivity index (χ2n) is 5.23. The molecule has 0 amide bonds. The number of nitrogens with one attached hydrogen (secondary N) is 1. The van der Waals surface area contributed by atoms with Crippen molar-refractivity contribution < 1.29 is 19.2 Å². The minimum Gasteiger partial charge on any atom is -0.470 e. The Hall–Kier alpha value is -3.23. The Morgan fingerprint density at radius 1 is 1.36 bits per heavy atom. The van der Waals surface area contributed by atoms with Gasteiger partial charge in [0.05, 0.1) is 23.2 Å². The Morgan fingerprint density at radius 2 is 2.12 bits per heavy atom. The summed E-state index contributed by atoms with van der Waals surface area (Å²) < 4.78 is 10.3. The number of carbonyl (C=O) groups is 1. The van der Waals surface area contributed by atoms with Crippen molar-refractivity contribution in [3.63, 3.8) is 0 Å². The van der Waals surface area contributed by atoms with Crippen LogP contribution in [0.5, 0.6) is 5.88 Å². The van der Waals surface area contributed by atoms with Crippen LogP contribution < -0.4 is 10.1 Å². The van der Waals surface area contributed by atoms with E-state index in [0.29, 0.717) is 11.3 Å². The average Bonchev–Trinajstić information content (AvgIpc) is 2.54. The van der Waals surface area contributed by atoms with E-state index in [1.54, 1.807) is 39.0 Å². The molecule has 0 spiro atoms. The summed E-state index contributed by atoms with van der Waals surface area (Å²) in [6, 6.07) is 6.39. The van der Waals surface area contributed by atoms with Gasteiger partial charge in [-0.25, -0.2) is 9.78 Å². The van der Waals surface area contributed by atoms with Crippen LogP contribution in [0.3, 0.4) is 0 Å². The van der Waals surface area contributed by atoms with E-state index in [2.05, 4.69) is 15.3 Å². The highest BCUT2D eigenvalue weighted by atomic mass is 16.6. The summed E-state index contributed by atoms with van der Waals surface area (Å²) >= 11 is 0. The predicted octanol–water partition coefficient (Wildman–Crippen LogP) is 3.09. The van der Waals surface area contributed by atoms with E-state index in [-0.39, 0.29) is 30.1 Å². The van der Waals surface area contributed by atoms with Crippen LogP contribution >= 0.6 is 0 Å². The Bertz CT molecular complexity index is 779. The highest BCUT2D eigenvalue weighted by Crippen LogP contribution is 2.33. The van der Waals surface area contributed by atoms with Gasteiger partial charge in [-0.3, -0.25) is 10.1 Å². The van der Waals surface area contributed by atoms with E-state index >= 15 is 0 Å². The van der Waals surface area contributed by atoms with Gasteiger partial charge in [0, 0.05) is 5.69 Å². The molecule has 2 rings (SSSR count). The van der Waals surface area contributed by atoms with Crippen molar-refractivity contribution in [1.29, 1.82) is 0 Å². The molecule has 1 N–H and O–H groups in total. The van der Waals surface area contributed by atoms with Crippen LogP contribution in [-0.4, -0.2) is 33.6 Å². The molecule has 9 nitrogen and oxygen atoms in total. The van der Waals surface area contributed by atoms with Crippen LogP contribution in [0, 0.1) is 10.1 Å². The monoisotopic (exact) mass is 346 g/mol. The van der Waals surface area contributed by atoms with E-state index in [1.807, 2.05) is 0 Å². The molecule has 0 fully saturated rings. The van der Waals surface area contributed by atoms with Gasteiger partial charge in [0.15, 0.2) is 0 Å². The molecule has 0 saturated carbocycles. The first-order chi connectivity index (χ1) is 11.9. The number of esters is 1. The van der Waals surface area contributed by atoms with Crippen LogP contribution in [0.4, 0.5) is 17.2 Å². The lowest BCUT2D eigenvalue weighted by atomic mass is 10.2. The number of rotatable bonds is 7. The second-order valence-corrected chi connectivity index (χ2v) is 5.23. The summed E-state index contributed by atoms with van der Waals surface area (Å²) in [5, 5.41) is 14.2. The summed E-state index contributed by atoms with van der Waals surface area (Å²) in [4.78, 5) is 30.3. The van der Waals surface area contributed by atoms with Crippen molar-refractivity contribution in [2.24, 2.45) is 0 Å². The number of anilines is 2. The Labute approximate surface area is 144 Å². The number of nitrogens with zero attached hydrogens (tertiary/aromatic N) is 3. The average molecular weight is 346 g/mol. The highest BCUT2D eigenvalue weighted by Gasteiger charge is 2.25. The zero-order valence-corrected chi connectivity index (χ0v) is 14.1. The topological polar surface area (TPSA) is 116 Å². The van der Waals surface area contributed by atoms with Gasteiger partial charge >= 0.3 is 11.7 Å². The van der Waals surface area contributed by atoms with Gasteiger partial charge in [0.2, 0.25) is 5.82 Å². The first kappa shape index (κ1) is 18.1. The third-order valence-electron chi connectivity index (χ3n) is 2.96. The van der Waals surface area contributed by atoms with Crippen molar-refractivity contribution in [3.05, 3.63) is 46.3 Å². The molecule has 0 unspecified atom stereocenters. The molecule has 25 heavy (non-hydrogen) atoms. The summed E-state index contributed by atoms with van der Waals surface area (Å²) in [6.45, 7) is 5.44. The first-order valence-corrected chi connectivity index (χ1v) is 7.62. The molecular formula is C16H18N4O5. The zero-order valence-electron chi connectivity index (χ0n) is 14.1. The van der Waals surface area contributed by atoms with E-state index in [1.165, 1.54) is 12.4 Å². The van der Waals surface area contributed by atoms with Crippen molar-refractivity contribution in [2.45, 2.75) is 26.9 Å². The van der Waals surface area contributed by atoms with Crippen LogP contribution in [0.2, 0.25) is 0 Å². The van der Waals surface area contributed by atoms with Gasteiger partial charge < -0.3 is 14.8 Å². The standard InChI is InChI=1S/C16H18N4O5/c1-4-24-16(21)11-6-5-7-12(8-11)19-14-13(20(22)23)15(18-9-17-14)25-10(2)3/h5-10H,4H2,1-3H3,(H,17,18,19). The van der Waals surface area contributed by atoms with Crippen molar-refractivity contribution >= 4 is 23.2 Å². The SMILES string of the molecule is CCOC(=O)c1cccc(Nc2ncnc(OC(C)C)c2[N+](=O)[O-])c1. The fourth-order valence-corrected chi connectivity index (χ4v) is 2.00. The quantitative estimate of drug-likeness (QED) is 0.462. The molecule has 0 bridgehead atoms. The van der Waals surface area contributed by atoms with Crippen molar-refractivity contribution in [1.82, 2.24) is 9.97 Å². The highest BCUT2D eigenvalue weighted by molar-refractivity contribution is 5.90. The lowest BCUT2D eigenvalue weighted by molar-refractivity contribution is -0.385. The van der Waals surface area contributed by atoms with Crippen LogP contribution in [-0.2, 0) is 4.74 Å². The van der Waals surface area contributed by atoms with Gasteiger partial charge in [0.25, 0.3) is 5.88 Å². The van der Waals surface area contributed by atoms with E-state index in [0.717, 1.165) is 0 Å². The number of ether oxygens (including phenoxy) is 2. The molecule has 0 atom stereocenters. The van der Waals surface area contributed by atoms with E-state index < -0.39 is 10.9 Å². The molecule has 0 aliphatic heterocycles. The number of hydrogen-bond donors (Lipinski definition) is 1. The second kappa shape index (κ2) is 8.04. The molecule has 0 radical (unpaired) electrons. The maximum atomic E-state index is 11.8. The molecule has 1 heterocycles. The summed E-state index contributed by atoms with van der Waals surface area (Å²) in [6.07, 6.45) is 0.885. The van der Waals surface area contributed by atoms with Gasteiger partial charge in [-0.05, 0) is 39.0 Å². The lowest BCUT2D eigenvalue weighted by Crippen LogP contribution is -2.11. The normalized spacial score (nSPS) is 10.4. The molecule has 1 aromatic heterocycles. The molecule has 9 heteroatoms. The van der Waals surface area contributed by atoms with Gasteiger partial charge in [0.1, 0.15) is 6.33 Å². The largest absolute Gasteiger partial charge is 0.470 e. The summed E-state index contributed by atoms with van der Waals surface area (Å²) in [5.74, 6) is -0.636. The molecule has 2 aromatic rings. The third kappa shape index (κ3) is 4.63. The van der Waals surface area contributed by atoms with Crippen molar-refractivity contribution in [3.8, 4) is 5.88 Å². The van der Waals surface area contributed by atoms with Gasteiger partial charge in [-0.15, -0.1) is 0 Å². The molecule has 0 aliphatic rings. The number of aromatic nitrogens is 2. The fraction of sp³-hybridized carbons (Fsp3) is 0.312. The predicted molar refractivity (Wildman–Crippen MR) is 90.1 cm³/mol. The minimum atomic E-state index is -0.616. The lowest BCUT2D eigenvalue weighted by Gasteiger charge is -2.11. The first-order valence-electron chi connectivity index (χ1n) is 7.62. The number of nitro groups is 1. The van der Waals surface area contributed by atoms with Crippen LogP contribution in [0.15, 0.2) is 30.6 Å². The summed E-state index contributed by atoms with van der Waals surface area (Å²) in [7, 11) is 0. The Balaban J connectivity index is 2.35.